The number of aromatic nitrogens is 1. The normalized spacial score (nSPS) is 14.4. The Kier molecular flexibility index (Phi) is 6.77. The summed E-state index contributed by atoms with van der Waals surface area (Å²) >= 11 is 6.17. The minimum absolute atomic E-state index is 0.0401. The number of carbonyl (C=O) groups excluding carboxylic acids is 1. The standard InChI is InChI=1S/C20H25ClN4O3S/c1-3-25(4-2)29(27,28)16-8-9-18(21)17(13-16)20(26)23-15-7-10-19(22-14-15)24-11-5-6-12-24/h7-10,13-14H,3-6,11-12H2,1-2H3,(H,23,26). The molecule has 3 rings (SSSR count). The lowest BCUT2D eigenvalue weighted by Gasteiger charge is -2.19. The molecule has 1 aliphatic heterocycles. The van der Waals surface area contributed by atoms with Crippen molar-refractivity contribution in [2.24, 2.45) is 0 Å². The number of benzene rings is 1. The van der Waals surface area contributed by atoms with Crippen LogP contribution in [-0.2, 0) is 10.0 Å². The van der Waals surface area contributed by atoms with Gasteiger partial charge in [-0.1, -0.05) is 25.4 Å². The highest BCUT2D eigenvalue weighted by atomic mass is 35.5. The molecule has 156 valence electrons. The molecule has 7 nitrogen and oxygen atoms in total. The summed E-state index contributed by atoms with van der Waals surface area (Å²) in [5.41, 5.74) is 0.620. The van der Waals surface area contributed by atoms with Crippen LogP contribution in [0.25, 0.3) is 0 Å². The number of amides is 1. The van der Waals surface area contributed by atoms with Crippen molar-refractivity contribution in [2.75, 3.05) is 36.4 Å². The Labute approximate surface area is 176 Å². The Balaban J connectivity index is 1.80. The van der Waals surface area contributed by atoms with E-state index in [0.717, 1.165) is 31.7 Å². The molecule has 0 atom stereocenters. The minimum Gasteiger partial charge on any atom is -0.357 e. The molecule has 1 aromatic heterocycles. The van der Waals surface area contributed by atoms with Crippen LogP contribution < -0.4 is 10.2 Å². The van der Waals surface area contributed by atoms with E-state index in [4.69, 9.17) is 11.6 Å². The number of anilines is 2. The molecule has 1 aliphatic rings. The maximum atomic E-state index is 12.7. The zero-order valence-corrected chi connectivity index (χ0v) is 18.1. The number of sulfonamides is 1. The highest BCUT2D eigenvalue weighted by Gasteiger charge is 2.24. The van der Waals surface area contributed by atoms with Crippen LogP contribution in [0.4, 0.5) is 11.5 Å². The number of hydrogen-bond acceptors (Lipinski definition) is 5. The predicted molar refractivity (Wildman–Crippen MR) is 115 cm³/mol. The van der Waals surface area contributed by atoms with Crippen molar-refractivity contribution in [3.8, 4) is 0 Å². The maximum Gasteiger partial charge on any atom is 0.257 e. The fourth-order valence-corrected chi connectivity index (χ4v) is 5.03. The number of pyridine rings is 1. The fraction of sp³-hybridized carbons (Fsp3) is 0.400. The van der Waals surface area contributed by atoms with Gasteiger partial charge >= 0.3 is 0 Å². The van der Waals surface area contributed by atoms with Gasteiger partial charge in [0.1, 0.15) is 5.82 Å². The molecule has 0 radical (unpaired) electrons. The van der Waals surface area contributed by atoms with Crippen molar-refractivity contribution in [3.05, 3.63) is 47.1 Å². The van der Waals surface area contributed by atoms with E-state index >= 15 is 0 Å². The quantitative estimate of drug-likeness (QED) is 0.716. The summed E-state index contributed by atoms with van der Waals surface area (Å²) in [6, 6.07) is 7.81. The van der Waals surface area contributed by atoms with Crippen molar-refractivity contribution < 1.29 is 13.2 Å². The molecule has 1 amide bonds. The highest BCUT2D eigenvalue weighted by Crippen LogP contribution is 2.25. The first-order valence-corrected chi connectivity index (χ1v) is 11.5. The van der Waals surface area contributed by atoms with Gasteiger partial charge in [-0.25, -0.2) is 13.4 Å². The molecule has 0 spiro atoms. The van der Waals surface area contributed by atoms with E-state index < -0.39 is 15.9 Å². The molecule has 2 heterocycles. The van der Waals surface area contributed by atoms with E-state index in [-0.39, 0.29) is 15.5 Å². The lowest BCUT2D eigenvalue weighted by Crippen LogP contribution is -2.30. The van der Waals surface area contributed by atoms with E-state index in [1.54, 1.807) is 26.1 Å². The zero-order valence-electron chi connectivity index (χ0n) is 16.6. The van der Waals surface area contributed by atoms with Gasteiger partial charge in [-0.05, 0) is 43.2 Å². The van der Waals surface area contributed by atoms with E-state index in [9.17, 15) is 13.2 Å². The van der Waals surface area contributed by atoms with Gasteiger partial charge in [-0.3, -0.25) is 4.79 Å². The lowest BCUT2D eigenvalue weighted by molar-refractivity contribution is 0.102. The molecule has 0 unspecified atom stereocenters. The Hall–Kier alpha value is -2.16. The van der Waals surface area contributed by atoms with E-state index in [1.165, 1.54) is 22.5 Å². The second-order valence-electron chi connectivity index (χ2n) is 6.78. The molecule has 1 fully saturated rings. The molecular formula is C20H25ClN4O3S. The number of hydrogen-bond donors (Lipinski definition) is 1. The highest BCUT2D eigenvalue weighted by molar-refractivity contribution is 7.89. The predicted octanol–water partition coefficient (Wildman–Crippen LogP) is 3.62. The molecule has 29 heavy (non-hydrogen) atoms. The maximum absolute atomic E-state index is 12.7. The molecule has 0 aliphatic carbocycles. The van der Waals surface area contributed by atoms with E-state index in [0.29, 0.717) is 18.8 Å². The van der Waals surface area contributed by atoms with Gasteiger partial charge in [0.15, 0.2) is 0 Å². The summed E-state index contributed by atoms with van der Waals surface area (Å²) in [4.78, 5) is 19.4. The van der Waals surface area contributed by atoms with Crippen LogP contribution in [0.15, 0.2) is 41.4 Å². The number of rotatable bonds is 7. The SMILES string of the molecule is CCN(CC)S(=O)(=O)c1ccc(Cl)c(C(=O)Nc2ccc(N3CCCC3)nc2)c1. The van der Waals surface area contributed by atoms with Gasteiger partial charge in [-0.15, -0.1) is 0 Å². The fourth-order valence-electron chi connectivity index (χ4n) is 3.34. The van der Waals surface area contributed by atoms with Crippen LogP contribution in [0.2, 0.25) is 5.02 Å². The molecular weight excluding hydrogens is 412 g/mol. The third-order valence-electron chi connectivity index (χ3n) is 4.96. The second-order valence-corrected chi connectivity index (χ2v) is 9.13. The zero-order chi connectivity index (χ0) is 21.0. The summed E-state index contributed by atoms with van der Waals surface area (Å²) in [5.74, 6) is 0.396. The Bertz CT molecular complexity index is 970. The summed E-state index contributed by atoms with van der Waals surface area (Å²) < 4.78 is 26.8. The van der Waals surface area contributed by atoms with Gasteiger partial charge in [0.05, 0.1) is 27.4 Å². The molecule has 0 saturated carbocycles. The first-order valence-electron chi connectivity index (χ1n) is 9.69. The minimum atomic E-state index is -3.69. The lowest BCUT2D eigenvalue weighted by atomic mass is 10.2. The molecule has 1 N–H and O–H groups in total. The molecule has 1 saturated heterocycles. The molecule has 1 aromatic carbocycles. The topological polar surface area (TPSA) is 82.6 Å². The van der Waals surface area contributed by atoms with Gasteiger partial charge in [0.25, 0.3) is 5.91 Å². The van der Waals surface area contributed by atoms with Crippen LogP contribution in [0.1, 0.15) is 37.0 Å². The Morgan fingerprint density at radius 2 is 1.86 bits per heavy atom. The summed E-state index contributed by atoms with van der Waals surface area (Å²) in [5, 5.41) is 2.92. The van der Waals surface area contributed by atoms with Gasteiger partial charge in [0, 0.05) is 26.2 Å². The first kappa shape index (κ1) is 21.5. The monoisotopic (exact) mass is 436 g/mol. The Morgan fingerprint density at radius 3 is 2.45 bits per heavy atom. The summed E-state index contributed by atoms with van der Waals surface area (Å²) in [6.07, 6.45) is 3.91. The van der Waals surface area contributed by atoms with Crippen LogP contribution in [-0.4, -0.2) is 49.8 Å². The van der Waals surface area contributed by atoms with Crippen LogP contribution in [0.3, 0.4) is 0 Å². The number of carbonyl (C=O) groups is 1. The number of nitrogens with zero attached hydrogens (tertiary/aromatic N) is 3. The van der Waals surface area contributed by atoms with Gasteiger partial charge in [0.2, 0.25) is 10.0 Å². The molecule has 0 bridgehead atoms. The average Bonchev–Trinajstić information content (AvgIpc) is 3.24. The van der Waals surface area contributed by atoms with Crippen molar-refractivity contribution in [1.82, 2.24) is 9.29 Å². The van der Waals surface area contributed by atoms with Gasteiger partial charge in [-0.2, -0.15) is 4.31 Å². The smallest absolute Gasteiger partial charge is 0.257 e. The van der Waals surface area contributed by atoms with Crippen molar-refractivity contribution in [1.29, 1.82) is 0 Å². The van der Waals surface area contributed by atoms with E-state index in [2.05, 4.69) is 15.2 Å². The Morgan fingerprint density at radius 1 is 1.17 bits per heavy atom. The third kappa shape index (κ3) is 4.71. The summed E-state index contributed by atoms with van der Waals surface area (Å²) in [6.45, 7) is 6.20. The summed E-state index contributed by atoms with van der Waals surface area (Å²) in [7, 11) is -3.69. The largest absolute Gasteiger partial charge is 0.357 e. The first-order chi connectivity index (χ1) is 13.9. The van der Waals surface area contributed by atoms with Crippen LogP contribution in [0, 0.1) is 0 Å². The van der Waals surface area contributed by atoms with Crippen LogP contribution in [0.5, 0.6) is 0 Å². The average molecular weight is 437 g/mol. The number of halogens is 1. The molecule has 9 heteroatoms. The molecule has 2 aromatic rings. The van der Waals surface area contributed by atoms with Crippen molar-refractivity contribution >= 4 is 39.0 Å². The van der Waals surface area contributed by atoms with Gasteiger partial charge < -0.3 is 10.2 Å². The number of nitrogens with one attached hydrogen (secondary N) is 1. The van der Waals surface area contributed by atoms with Crippen molar-refractivity contribution in [2.45, 2.75) is 31.6 Å². The second kappa shape index (κ2) is 9.11. The third-order valence-corrected chi connectivity index (χ3v) is 7.34. The van der Waals surface area contributed by atoms with E-state index in [1.807, 2.05) is 6.07 Å². The van der Waals surface area contributed by atoms with Crippen molar-refractivity contribution in [3.63, 3.8) is 0 Å². The van der Waals surface area contributed by atoms with Crippen LogP contribution >= 0.6 is 11.6 Å².